The fraction of sp³-hybridized carbons (Fsp3) is 0.143. The van der Waals surface area contributed by atoms with Crippen LogP contribution in [-0.2, 0) is 6.54 Å². The SMILES string of the molecule is CCn1c(NNC(=O)c2sc(C)nc2-c2ccccc2)nc2ccccc2c1=O. The van der Waals surface area contributed by atoms with Crippen LogP contribution < -0.4 is 16.4 Å². The minimum Gasteiger partial charge on any atom is -0.277 e. The van der Waals surface area contributed by atoms with Crippen LogP contribution >= 0.6 is 11.3 Å². The summed E-state index contributed by atoms with van der Waals surface area (Å²) < 4.78 is 1.48. The molecule has 2 N–H and O–H groups in total. The number of benzene rings is 2. The molecule has 2 aromatic heterocycles. The Morgan fingerprint density at radius 2 is 1.79 bits per heavy atom. The van der Waals surface area contributed by atoms with Crippen LogP contribution in [0.1, 0.15) is 21.6 Å². The number of aryl methyl sites for hydroxylation is 1. The van der Waals surface area contributed by atoms with Gasteiger partial charge in [0, 0.05) is 12.1 Å². The van der Waals surface area contributed by atoms with Gasteiger partial charge >= 0.3 is 0 Å². The number of nitrogens with zero attached hydrogens (tertiary/aromatic N) is 3. The molecule has 8 heteroatoms. The number of hydrogen-bond acceptors (Lipinski definition) is 6. The molecule has 2 heterocycles. The number of carbonyl (C=O) groups is 1. The van der Waals surface area contributed by atoms with Gasteiger partial charge in [-0.25, -0.2) is 9.97 Å². The van der Waals surface area contributed by atoms with Crippen LogP contribution in [0.3, 0.4) is 0 Å². The first kappa shape index (κ1) is 18.8. The third kappa shape index (κ3) is 3.62. The number of para-hydroxylation sites is 1. The number of anilines is 1. The predicted molar refractivity (Wildman–Crippen MR) is 115 cm³/mol. The van der Waals surface area contributed by atoms with Crippen LogP contribution in [0.15, 0.2) is 59.4 Å². The highest BCUT2D eigenvalue weighted by Crippen LogP contribution is 2.27. The molecule has 7 nitrogen and oxygen atoms in total. The summed E-state index contributed by atoms with van der Waals surface area (Å²) in [5, 5.41) is 1.33. The number of rotatable bonds is 5. The first-order valence-corrected chi connectivity index (χ1v) is 9.99. The van der Waals surface area contributed by atoms with Crippen molar-refractivity contribution in [2.24, 2.45) is 0 Å². The molecule has 0 aliphatic heterocycles. The van der Waals surface area contributed by atoms with Crippen LogP contribution in [0, 0.1) is 6.92 Å². The summed E-state index contributed by atoms with van der Waals surface area (Å²) in [4.78, 5) is 35.0. The Balaban J connectivity index is 1.64. The van der Waals surface area contributed by atoms with Gasteiger partial charge in [0.1, 0.15) is 4.88 Å². The van der Waals surface area contributed by atoms with E-state index in [0.29, 0.717) is 28.0 Å². The van der Waals surface area contributed by atoms with E-state index in [0.717, 1.165) is 10.6 Å². The fourth-order valence-corrected chi connectivity index (χ4v) is 3.94. The van der Waals surface area contributed by atoms with Crippen LogP contribution in [0.25, 0.3) is 22.2 Å². The Labute approximate surface area is 171 Å². The molecule has 4 rings (SSSR count). The summed E-state index contributed by atoms with van der Waals surface area (Å²) in [6.45, 7) is 4.13. The zero-order valence-corrected chi connectivity index (χ0v) is 16.8. The van der Waals surface area contributed by atoms with Gasteiger partial charge in [0.05, 0.1) is 21.6 Å². The molecule has 146 valence electrons. The van der Waals surface area contributed by atoms with Crippen molar-refractivity contribution in [1.29, 1.82) is 0 Å². The zero-order chi connectivity index (χ0) is 20.4. The quantitative estimate of drug-likeness (QED) is 0.495. The van der Waals surface area contributed by atoms with E-state index in [-0.39, 0.29) is 17.4 Å². The number of thiazole rings is 1. The molecule has 0 radical (unpaired) electrons. The third-order valence-corrected chi connectivity index (χ3v) is 5.42. The van der Waals surface area contributed by atoms with E-state index >= 15 is 0 Å². The van der Waals surface area contributed by atoms with Crippen molar-refractivity contribution in [1.82, 2.24) is 20.0 Å². The number of hydrogen-bond donors (Lipinski definition) is 2. The second kappa shape index (κ2) is 7.84. The molecular formula is C21H19N5O2S. The van der Waals surface area contributed by atoms with Gasteiger partial charge < -0.3 is 0 Å². The molecule has 0 saturated heterocycles. The summed E-state index contributed by atoms with van der Waals surface area (Å²) in [5.41, 5.74) is 7.39. The highest BCUT2D eigenvalue weighted by molar-refractivity contribution is 7.14. The van der Waals surface area contributed by atoms with Crippen molar-refractivity contribution in [3.63, 3.8) is 0 Å². The number of carbonyl (C=O) groups excluding carboxylic acids is 1. The molecule has 0 saturated carbocycles. The largest absolute Gasteiger partial charge is 0.282 e. The van der Waals surface area contributed by atoms with Gasteiger partial charge in [-0.3, -0.25) is 25.0 Å². The topological polar surface area (TPSA) is 88.9 Å². The lowest BCUT2D eigenvalue weighted by molar-refractivity contribution is 0.0966. The normalized spacial score (nSPS) is 10.8. The van der Waals surface area contributed by atoms with Crippen LogP contribution in [0.4, 0.5) is 5.95 Å². The Bertz CT molecular complexity index is 1250. The van der Waals surface area contributed by atoms with Crippen molar-refractivity contribution in [3.8, 4) is 11.3 Å². The van der Waals surface area contributed by atoms with E-state index in [4.69, 9.17) is 0 Å². The average Bonchev–Trinajstić information content (AvgIpc) is 3.14. The fourth-order valence-electron chi connectivity index (χ4n) is 3.10. The standard InChI is InChI=1S/C21H19N5O2S/c1-3-26-20(28)15-11-7-8-12-16(15)23-21(26)25-24-19(27)18-17(22-13(2)29-18)14-9-5-4-6-10-14/h4-12H,3H2,1-2H3,(H,23,25)(H,24,27). The average molecular weight is 405 g/mol. The summed E-state index contributed by atoms with van der Waals surface area (Å²) in [6.07, 6.45) is 0. The maximum Gasteiger partial charge on any atom is 0.282 e. The molecule has 0 unspecified atom stereocenters. The molecule has 0 spiro atoms. The summed E-state index contributed by atoms with van der Waals surface area (Å²) in [7, 11) is 0. The molecule has 0 bridgehead atoms. The molecule has 0 atom stereocenters. The molecule has 2 aromatic carbocycles. The molecule has 1 amide bonds. The number of hydrazine groups is 1. The minimum atomic E-state index is -0.334. The van der Waals surface area contributed by atoms with Crippen molar-refractivity contribution < 1.29 is 4.79 Å². The second-order valence-electron chi connectivity index (χ2n) is 6.36. The molecular weight excluding hydrogens is 386 g/mol. The molecule has 0 aliphatic carbocycles. The number of nitrogens with one attached hydrogen (secondary N) is 2. The van der Waals surface area contributed by atoms with Crippen molar-refractivity contribution in [2.45, 2.75) is 20.4 Å². The molecule has 0 fully saturated rings. The first-order valence-electron chi connectivity index (χ1n) is 9.17. The van der Waals surface area contributed by atoms with Crippen LogP contribution in [-0.4, -0.2) is 20.4 Å². The monoisotopic (exact) mass is 405 g/mol. The lowest BCUT2D eigenvalue weighted by Crippen LogP contribution is -2.34. The zero-order valence-electron chi connectivity index (χ0n) is 16.0. The lowest BCUT2D eigenvalue weighted by atomic mass is 10.1. The van der Waals surface area contributed by atoms with E-state index in [9.17, 15) is 9.59 Å². The van der Waals surface area contributed by atoms with E-state index in [1.807, 2.05) is 50.2 Å². The first-order chi connectivity index (χ1) is 14.1. The Hall–Kier alpha value is -3.52. The van der Waals surface area contributed by atoms with Gasteiger partial charge in [-0.15, -0.1) is 11.3 Å². The molecule has 0 aliphatic rings. The van der Waals surface area contributed by atoms with E-state index in [1.54, 1.807) is 18.2 Å². The third-order valence-electron chi connectivity index (χ3n) is 4.45. The van der Waals surface area contributed by atoms with Crippen molar-refractivity contribution in [3.05, 3.63) is 74.8 Å². The smallest absolute Gasteiger partial charge is 0.277 e. The van der Waals surface area contributed by atoms with Gasteiger partial charge in [0.2, 0.25) is 5.95 Å². The van der Waals surface area contributed by atoms with Crippen LogP contribution in [0.5, 0.6) is 0 Å². The van der Waals surface area contributed by atoms with Gasteiger partial charge in [-0.05, 0) is 26.0 Å². The highest BCUT2D eigenvalue weighted by Gasteiger charge is 2.19. The Morgan fingerprint density at radius 3 is 2.55 bits per heavy atom. The van der Waals surface area contributed by atoms with Gasteiger partial charge in [-0.2, -0.15) is 0 Å². The number of aromatic nitrogens is 3. The van der Waals surface area contributed by atoms with Crippen molar-refractivity contribution >= 4 is 34.1 Å². The molecule has 29 heavy (non-hydrogen) atoms. The maximum absolute atomic E-state index is 12.9. The maximum atomic E-state index is 12.9. The Kier molecular flexibility index (Phi) is 5.09. The van der Waals surface area contributed by atoms with Gasteiger partial charge in [-0.1, -0.05) is 42.5 Å². The lowest BCUT2D eigenvalue weighted by Gasteiger charge is -2.14. The summed E-state index contributed by atoms with van der Waals surface area (Å²) in [6, 6.07) is 16.7. The van der Waals surface area contributed by atoms with E-state index < -0.39 is 0 Å². The van der Waals surface area contributed by atoms with E-state index in [1.165, 1.54) is 15.9 Å². The molecule has 4 aromatic rings. The highest BCUT2D eigenvalue weighted by atomic mass is 32.1. The number of amides is 1. The predicted octanol–water partition coefficient (Wildman–Crippen LogP) is 3.61. The summed E-state index contributed by atoms with van der Waals surface area (Å²) >= 11 is 1.32. The minimum absolute atomic E-state index is 0.159. The second-order valence-corrected chi connectivity index (χ2v) is 7.56. The van der Waals surface area contributed by atoms with Crippen molar-refractivity contribution in [2.75, 3.05) is 5.43 Å². The van der Waals surface area contributed by atoms with Crippen LogP contribution in [0.2, 0.25) is 0 Å². The van der Waals surface area contributed by atoms with Gasteiger partial charge in [0.25, 0.3) is 11.5 Å². The Morgan fingerprint density at radius 1 is 1.07 bits per heavy atom. The van der Waals surface area contributed by atoms with E-state index in [2.05, 4.69) is 20.8 Å². The number of fused-ring (bicyclic) bond motifs is 1. The van der Waals surface area contributed by atoms with Gasteiger partial charge in [0.15, 0.2) is 0 Å². The summed E-state index contributed by atoms with van der Waals surface area (Å²) in [5.74, 6) is -0.0495.